The Morgan fingerprint density at radius 2 is 2.00 bits per heavy atom. The van der Waals surface area contributed by atoms with Crippen LogP contribution in [0.15, 0.2) is 41.0 Å². The number of ether oxygens (including phenoxy) is 1. The summed E-state index contributed by atoms with van der Waals surface area (Å²) in [6.07, 6.45) is 1.72. The highest BCUT2D eigenvalue weighted by Crippen LogP contribution is 2.27. The third kappa shape index (κ3) is 3.64. The van der Waals surface area contributed by atoms with Crippen molar-refractivity contribution in [3.8, 4) is 5.75 Å². The summed E-state index contributed by atoms with van der Waals surface area (Å²) in [5.74, 6) is 2.28. The van der Waals surface area contributed by atoms with Crippen molar-refractivity contribution in [2.24, 2.45) is 0 Å². The number of nitrogens with one attached hydrogen (secondary N) is 1. The lowest BCUT2D eigenvalue weighted by atomic mass is 10.0. The van der Waals surface area contributed by atoms with E-state index < -0.39 is 0 Å². The monoisotopic (exact) mass is 273 g/mol. The molecule has 108 valence electrons. The Bertz CT molecular complexity index is 531. The van der Waals surface area contributed by atoms with Crippen LogP contribution in [0.2, 0.25) is 0 Å². The van der Waals surface area contributed by atoms with Crippen LogP contribution in [0.25, 0.3) is 0 Å². The van der Waals surface area contributed by atoms with E-state index in [4.69, 9.17) is 9.15 Å². The van der Waals surface area contributed by atoms with Gasteiger partial charge in [0.15, 0.2) is 0 Å². The molecule has 0 fully saturated rings. The summed E-state index contributed by atoms with van der Waals surface area (Å²) in [4.78, 5) is 0. The predicted octanol–water partition coefficient (Wildman–Crippen LogP) is 4.09. The molecule has 20 heavy (non-hydrogen) atoms. The van der Waals surface area contributed by atoms with Crippen LogP contribution in [0.5, 0.6) is 5.75 Å². The molecule has 2 aromatic rings. The van der Waals surface area contributed by atoms with Crippen molar-refractivity contribution in [1.29, 1.82) is 0 Å². The number of benzene rings is 1. The van der Waals surface area contributed by atoms with E-state index in [1.807, 2.05) is 24.3 Å². The van der Waals surface area contributed by atoms with Gasteiger partial charge in [0.25, 0.3) is 0 Å². The lowest BCUT2D eigenvalue weighted by molar-refractivity contribution is 0.265. The van der Waals surface area contributed by atoms with E-state index in [-0.39, 0.29) is 0 Å². The first-order chi connectivity index (χ1) is 9.72. The van der Waals surface area contributed by atoms with E-state index in [2.05, 4.69) is 32.2 Å². The molecule has 0 aliphatic carbocycles. The molecule has 1 aromatic heterocycles. The number of furan rings is 1. The van der Waals surface area contributed by atoms with Crippen molar-refractivity contribution in [2.75, 3.05) is 6.54 Å². The third-order valence-electron chi connectivity index (χ3n) is 3.30. The van der Waals surface area contributed by atoms with Gasteiger partial charge in [0.2, 0.25) is 0 Å². The Hall–Kier alpha value is -1.74. The first-order valence-corrected chi connectivity index (χ1v) is 7.20. The molecular weight excluding hydrogens is 250 g/mol. The Kier molecular flexibility index (Phi) is 5.24. The van der Waals surface area contributed by atoms with Gasteiger partial charge >= 0.3 is 0 Å². The standard InChI is InChI=1S/C17H23NO2/c1-4-18-11-14-9-10-19-17(14)12-20-16-8-6-5-7-15(16)13(2)3/h5-10,13,18H,4,11-12H2,1-3H3. The fourth-order valence-corrected chi connectivity index (χ4v) is 2.14. The topological polar surface area (TPSA) is 34.4 Å². The molecule has 0 aliphatic rings. The van der Waals surface area contributed by atoms with Gasteiger partial charge in [0.1, 0.15) is 18.1 Å². The molecule has 1 heterocycles. The number of hydrogen-bond acceptors (Lipinski definition) is 3. The SMILES string of the molecule is CCNCc1ccoc1COc1ccccc1C(C)C. The molecule has 2 rings (SSSR count). The zero-order valence-corrected chi connectivity index (χ0v) is 12.5. The van der Waals surface area contributed by atoms with Crippen LogP contribution in [-0.2, 0) is 13.2 Å². The number of hydrogen-bond donors (Lipinski definition) is 1. The van der Waals surface area contributed by atoms with Crippen molar-refractivity contribution in [1.82, 2.24) is 5.32 Å². The predicted molar refractivity (Wildman–Crippen MR) is 81.0 cm³/mol. The normalized spacial score (nSPS) is 11.0. The van der Waals surface area contributed by atoms with Crippen LogP contribution < -0.4 is 10.1 Å². The van der Waals surface area contributed by atoms with E-state index in [1.165, 1.54) is 5.56 Å². The summed E-state index contributed by atoms with van der Waals surface area (Å²) in [5.41, 5.74) is 2.39. The van der Waals surface area contributed by atoms with E-state index in [9.17, 15) is 0 Å². The van der Waals surface area contributed by atoms with Gasteiger partial charge in [0, 0.05) is 12.1 Å². The van der Waals surface area contributed by atoms with Gasteiger partial charge in [0.05, 0.1) is 6.26 Å². The van der Waals surface area contributed by atoms with E-state index in [0.29, 0.717) is 12.5 Å². The van der Waals surface area contributed by atoms with Gasteiger partial charge < -0.3 is 14.5 Å². The van der Waals surface area contributed by atoms with Gasteiger partial charge in [-0.25, -0.2) is 0 Å². The minimum atomic E-state index is 0.448. The second-order valence-corrected chi connectivity index (χ2v) is 5.13. The van der Waals surface area contributed by atoms with E-state index >= 15 is 0 Å². The Morgan fingerprint density at radius 3 is 2.75 bits per heavy atom. The largest absolute Gasteiger partial charge is 0.485 e. The first kappa shape index (κ1) is 14.7. The van der Waals surface area contributed by atoms with Crippen molar-refractivity contribution in [3.63, 3.8) is 0 Å². The van der Waals surface area contributed by atoms with Crippen LogP contribution in [-0.4, -0.2) is 6.54 Å². The quantitative estimate of drug-likeness (QED) is 0.825. The van der Waals surface area contributed by atoms with Gasteiger partial charge in [-0.1, -0.05) is 39.0 Å². The maximum Gasteiger partial charge on any atom is 0.146 e. The van der Waals surface area contributed by atoms with E-state index in [0.717, 1.165) is 30.2 Å². The highest BCUT2D eigenvalue weighted by molar-refractivity contribution is 5.35. The van der Waals surface area contributed by atoms with Crippen LogP contribution >= 0.6 is 0 Å². The average molecular weight is 273 g/mol. The Labute approximate surface area is 121 Å². The molecule has 3 nitrogen and oxygen atoms in total. The zero-order chi connectivity index (χ0) is 14.4. The first-order valence-electron chi connectivity index (χ1n) is 7.20. The molecule has 1 aromatic carbocycles. The molecule has 0 atom stereocenters. The fourth-order valence-electron chi connectivity index (χ4n) is 2.14. The molecule has 0 amide bonds. The van der Waals surface area contributed by atoms with Gasteiger partial charge in [-0.2, -0.15) is 0 Å². The lowest BCUT2D eigenvalue weighted by Gasteiger charge is -2.13. The summed E-state index contributed by atoms with van der Waals surface area (Å²) in [5, 5.41) is 3.30. The van der Waals surface area contributed by atoms with Crippen LogP contribution in [0.1, 0.15) is 43.6 Å². The summed E-state index contributed by atoms with van der Waals surface area (Å²) in [7, 11) is 0. The second-order valence-electron chi connectivity index (χ2n) is 5.13. The molecule has 3 heteroatoms. The maximum atomic E-state index is 5.94. The lowest BCUT2D eigenvalue weighted by Crippen LogP contribution is -2.13. The van der Waals surface area contributed by atoms with Gasteiger partial charge in [-0.15, -0.1) is 0 Å². The molecule has 0 saturated carbocycles. The average Bonchev–Trinajstić information content (AvgIpc) is 2.90. The highest BCUT2D eigenvalue weighted by atomic mass is 16.5. The molecule has 0 aliphatic heterocycles. The summed E-state index contributed by atoms with van der Waals surface area (Å²) >= 11 is 0. The molecular formula is C17H23NO2. The highest BCUT2D eigenvalue weighted by Gasteiger charge is 2.10. The van der Waals surface area contributed by atoms with Gasteiger partial charge in [-0.05, 0) is 30.2 Å². The summed E-state index contributed by atoms with van der Waals surface area (Å²) < 4.78 is 11.5. The molecule has 0 unspecified atom stereocenters. The van der Waals surface area contributed by atoms with Crippen LogP contribution in [0.4, 0.5) is 0 Å². The minimum absolute atomic E-state index is 0.448. The van der Waals surface area contributed by atoms with Crippen LogP contribution in [0.3, 0.4) is 0 Å². The summed E-state index contributed by atoms with van der Waals surface area (Å²) in [6.45, 7) is 8.67. The Morgan fingerprint density at radius 1 is 1.20 bits per heavy atom. The molecule has 0 radical (unpaired) electrons. The van der Waals surface area contributed by atoms with Crippen molar-refractivity contribution >= 4 is 0 Å². The zero-order valence-electron chi connectivity index (χ0n) is 12.5. The Balaban J connectivity index is 2.04. The smallest absolute Gasteiger partial charge is 0.146 e. The number of rotatable bonds is 7. The summed E-state index contributed by atoms with van der Waals surface area (Å²) in [6, 6.07) is 10.2. The van der Waals surface area contributed by atoms with Crippen LogP contribution in [0, 0.1) is 0 Å². The van der Waals surface area contributed by atoms with Crippen molar-refractivity contribution in [2.45, 2.75) is 39.8 Å². The van der Waals surface area contributed by atoms with Gasteiger partial charge in [-0.3, -0.25) is 0 Å². The minimum Gasteiger partial charge on any atom is -0.485 e. The second kappa shape index (κ2) is 7.15. The molecule has 1 N–H and O–H groups in total. The maximum absolute atomic E-state index is 5.94. The molecule has 0 bridgehead atoms. The van der Waals surface area contributed by atoms with Crippen molar-refractivity contribution < 1.29 is 9.15 Å². The van der Waals surface area contributed by atoms with E-state index in [1.54, 1.807) is 6.26 Å². The molecule has 0 spiro atoms. The fraction of sp³-hybridized carbons (Fsp3) is 0.412. The molecule has 0 saturated heterocycles. The van der Waals surface area contributed by atoms with Crippen molar-refractivity contribution in [3.05, 3.63) is 53.5 Å². The third-order valence-corrected chi connectivity index (χ3v) is 3.30. The number of para-hydroxylation sites is 1.